The average Bonchev–Trinajstić information content (AvgIpc) is 3.02. The summed E-state index contributed by atoms with van der Waals surface area (Å²) in [6, 6.07) is 17.6. The maximum Gasteiger partial charge on any atom is 0.292 e. The van der Waals surface area contributed by atoms with Gasteiger partial charge in [0.1, 0.15) is 11.6 Å². The third-order valence-corrected chi connectivity index (χ3v) is 6.52. The van der Waals surface area contributed by atoms with Gasteiger partial charge in [-0.25, -0.2) is 4.39 Å². The molecule has 0 bridgehead atoms. The predicted octanol–water partition coefficient (Wildman–Crippen LogP) is 9.53. The number of methoxy groups -OCH3 is 2. The van der Waals surface area contributed by atoms with Gasteiger partial charge in [0, 0.05) is 12.1 Å². The number of rotatable bonds is 9. The fourth-order valence-corrected chi connectivity index (χ4v) is 4.40. The lowest BCUT2D eigenvalue weighted by atomic mass is 9.88. The fourth-order valence-electron chi connectivity index (χ4n) is 4.40. The molecule has 234 valence electrons. The second kappa shape index (κ2) is 21.5. The van der Waals surface area contributed by atoms with Gasteiger partial charge in [0.15, 0.2) is 0 Å². The molecule has 43 heavy (non-hydrogen) atoms. The summed E-state index contributed by atoms with van der Waals surface area (Å²) < 4.78 is 22.8. The molecule has 3 aromatic carbocycles. The van der Waals surface area contributed by atoms with Crippen LogP contribution in [-0.2, 0) is 14.3 Å². The number of carbonyl (C=O) groups is 2. The highest BCUT2D eigenvalue weighted by molar-refractivity contribution is 6.00. The van der Waals surface area contributed by atoms with E-state index in [0.29, 0.717) is 18.6 Å². The molecule has 0 aliphatic heterocycles. The molecule has 0 aliphatic carbocycles. The summed E-state index contributed by atoms with van der Waals surface area (Å²) in [5.41, 5.74) is 6.80. The van der Waals surface area contributed by atoms with Crippen molar-refractivity contribution in [1.82, 2.24) is 5.32 Å². The number of hydrogen-bond acceptors (Lipinski definition) is 4. The average molecular weight is 592 g/mol. The van der Waals surface area contributed by atoms with Crippen LogP contribution >= 0.6 is 0 Å². The van der Waals surface area contributed by atoms with E-state index in [2.05, 4.69) is 86.8 Å². The number of ether oxygens (including phenoxy) is 2. The maximum absolute atomic E-state index is 13.2. The van der Waals surface area contributed by atoms with E-state index < -0.39 is 5.82 Å². The van der Waals surface area contributed by atoms with Crippen LogP contribution in [0.25, 0.3) is 16.3 Å². The van der Waals surface area contributed by atoms with E-state index in [4.69, 9.17) is 9.53 Å². The van der Waals surface area contributed by atoms with Crippen molar-refractivity contribution in [2.45, 2.75) is 68.2 Å². The highest BCUT2D eigenvalue weighted by Gasteiger charge is 2.18. The van der Waals surface area contributed by atoms with Crippen molar-refractivity contribution < 1.29 is 23.5 Å². The Hall–Kier alpha value is -4.19. The van der Waals surface area contributed by atoms with Crippen LogP contribution in [0.15, 0.2) is 84.2 Å². The van der Waals surface area contributed by atoms with Crippen molar-refractivity contribution in [3.05, 3.63) is 112 Å². The third-order valence-electron chi connectivity index (χ3n) is 6.52. The van der Waals surface area contributed by atoms with Gasteiger partial charge in [-0.2, -0.15) is 0 Å². The summed E-state index contributed by atoms with van der Waals surface area (Å²) in [5, 5.41) is 5.12. The molecular weight excluding hydrogens is 541 g/mol. The van der Waals surface area contributed by atoms with E-state index in [9.17, 15) is 9.18 Å². The zero-order valence-corrected chi connectivity index (χ0v) is 27.7. The molecule has 1 N–H and O–H groups in total. The second-order valence-electron chi connectivity index (χ2n) is 9.13. The van der Waals surface area contributed by atoms with Gasteiger partial charge in [-0.1, -0.05) is 88.9 Å². The van der Waals surface area contributed by atoms with E-state index >= 15 is 0 Å². The molecule has 0 heterocycles. The van der Waals surface area contributed by atoms with Crippen LogP contribution in [0.2, 0.25) is 0 Å². The molecule has 0 radical (unpaired) electrons. The van der Waals surface area contributed by atoms with E-state index in [0.717, 1.165) is 24.2 Å². The summed E-state index contributed by atoms with van der Waals surface area (Å²) in [7, 11) is 3.06. The molecule has 0 saturated heterocycles. The van der Waals surface area contributed by atoms with Gasteiger partial charge in [-0.05, 0) is 85.2 Å². The number of halogens is 1. The van der Waals surface area contributed by atoms with Crippen molar-refractivity contribution >= 4 is 28.7 Å². The van der Waals surface area contributed by atoms with Gasteiger partial charge < -0.3 is 14.8 Å². The number of aryl methyl sites for hydroxylation is 2. The number of carbonyl (C=O) groups excluding carboxylic acids is 2. The Labute approximate surface area is 258 Å². The van der Waals surface area contributed by atoms with Gasteiger partial charge in [0.25, 0.3) is 12.4 Å². The Balaban J connectivity index is 0.000000777. The molecule has 0 aromatic heterocycles. The van der Waals surface area contributed by atoms with Crippen molar-refractivity contribution in [2.24, 2.45) is 0 Å². The normalized spacial score (nSPS) is 10.8. The number of fused-ring (bicyclic) bond motifs is 1. The van der Waals surface area contributed by atoms with Crippen LogP contribution in [0.3, 0.4) is 0 Å². The minimum atomic E-state index is -0.467. The lowest BCUT2D eigenvalue weighted by Gasteiger charge is -2.20. The quantitative estimate of drug-likeness (QED) is 0.153. The van der Waals surface area contributed by atoms with Crippen LogP contribution in [-0.4, -0.2) is 33.1 Å². The predicted molar refractivity (Wildman–Crippen MR) is 180 cm³/mol. The highest BCUT2D eigenvalue weighted by Crippen LogP contribution is 2.37. The SMILES string of the molecule is C=C(CC)/C(OC)=C(\C(=C/C)CC)c1cccc2c(C)cccc12.CC.CCNC(=O)c1c(C)cccc1F.COC=O. The fraction of sp³-hybridized carbons (Fsp3) is 0.351. The Morgan fingerprint density at radius 3 is 1.95 bits per heavy atom. The van der Waals surface area contributed by atoms with E-state index in [1.807, 2.05) is 13.8 Å². The molecule has 6 heteroatoms. The van der Waals surface area contributed by atoms with Crippen molar-refractivity contribution in [2.75, 3.05) is 20.8 Å². The highest BCUT2D eigenvalue weighted by atomic mass is 19.1. The van der Waals surface area contributed by atoms with Crippen molar-refractivity contribution in [3.8, 4) is 0 Å². The molecule has 0 atom stereocenters. The molecule has 0 unspecified atom stereocenters. The Bertz CT molecular complexity index is 1370. The summed E-state index contributed by atoms with van der Waals surface area (Å²) in [6.45, 7) is 21.2. The van der Waals surface area contributed by atoms with Crippen LogP contribution in [0.5, 0.6) is 0 Å². The molecule has 0 aliphatic rings. The Morgan fingerprint density at radius 1 is 0.907 bits per heavy atom. The first-order valence-corrected chi connectivity index (χ1v) is 14.8. The van der Waals surface area contributed by atoms with Crippen LogP contribution in [0.1, 0.15) is 81.4 Å². The van der Waals surface area contributed by atoms with Gasteiger partial charge in [0.05, 0.1) is 19.8 Å². The zero-order chi connectivity index (χ0) is 32.9. The van der Waals surface area contributed by atoms with Crippen LogP contribution in [0.4, 0.5) is 4.39 Å². The molecule has 0 fully saturated rings. The number of nitrogens with one attached hydrogen (secondary N) is 1. The van der Waals surface area contributed by atoms with Crippen LogP contribution < -0.4 is 5.32 Å². The zero-order valence-electron chi connectivity index (χ0n) is 27.7. The van der Waals surface area contributed by atoms with Gasteiger partial charge >= 0.3 is 0 Å². The number of allylic oxidation sites excluding steroid dienone is 4. The molecule has 3 rings (SSSR count). The molecule has 0 spiro atoms. The Kier molecular flexibility index (Phi) is 19.4. The standard InChI is InChI=1S/C23H28O.C10H12FNO.C2H4O2.C2H6/c1-7-16(4)23(24-6)22(18(8-2)9-3)21-15-11-13-19-17(5)12-10-14-20(19)21;1-3-12-10(13)9-7(2)5-4-6-8(9)11;1-4-2-3;1-2/h8,10-15H,4,7,9H2,1-3,5-6H3;4-6H,3H2,1-2H3,(H,12,13);2H,1H3;1-2H3/b18-8-,23-22-;;;. The molecule has 3 aromatic rings. The smallest absolute Gasteiger partial charge is 0.292 e. The molecule has 1 amide bonds. The van der Waals surface area contributed by atoms with Gasteiger partial charge in [-0.3, -0.25) is 9.59 Å². The van der Waals surface area contributed by atoms with Crippen molar-refractivity contribution in [3.63, 3.8) is 0 Å². The van der Waals surface area contributed by atoms with E-state index in [1.54, 1.807) is 33.1 Å². The Morgan fingerprint density at radius 2 is 1.47 bits per heavy atom. The summed E-state index contributed by atoms with van der Waals surface area (Å²) in [4.78, 5) is 20.3. The van der Waals surface area contributed by atoms with E-state index in [-0.39, 0.29) is 11.5 Å². The van der Waals surface area contributed by atoms with E-state index in [1.165, 1.54) is 46.2 Å². The maximum atomic E-state index is 13.2. The first kappa shape index (κ1) is 38.8. The minimum Gasteiger partial charge on any atom is -0.496 e. The number of benzene rings is 3. The van der Waals surface area contributed by atoms with Crippen LogP contribution in [0, 0.1) is 19.7 Å². The first-order valence-electron chi connectivity index (χ1n) is 14.8. The monoisotopic (exact) mass is 591 g/mol. The summed E-state index contributed by atoms with van der Waals surface area (Å²) in [6.07, 6.45) is 4.01. The number of amides is 1. The summed E-state index contributed by atoms with van der Waals surface area (Å²) >= 11 is 0. The molecule has 0 saturated carbocycles. The summed E-state index contributed by atoms with van der Waals surface area (Å²) in [5.74, 6) is 0.0884. The van der Waals surface area contributed by atoms with Gasteiger partial charge in [-0.15, -0.1) is 0 Å². The minimum absolute atomic E-state index is 0.143. The molecule has 5 nitrogen and oxygen atoms in total. The van der Waals surface area contributed by atoms with Gasteiger partial charge in [0.2, 0.25) is 0 Å². The lowest BCUT2D eigenvalue weighted by Crippen LogP contribution is -2.24. The first-order chi connectivity index (χ1) is 20.7. The largest absolute Gasteiger partial charge is 0.496 e. The second-order valence-corrected chi connectivity index (χ2v) is 9.13. The topological polar surface area (TPSA) is 64.6 Å². The lowest BCUT2D eigenvalue weighted by molar-refractivity contribution is -0.126. The van der Waals surface area contributed by atoms with Crippen molar-refractivity contribution in [1.29, 1.82) is 0 Å². The number of hydrogen-bond donors (Lipinski definition) is 1. The molecular formula is C37H50FNO4. The third kappa shape index (κ3) is 11.2.